The van der Waals surface area contributed by atoms with Crippen LogP contribution >= 0.6 is 11.6 Å². The molecular formula is C21H26ClN7O3. The number of pyridine rings is 1. The van der Waals surface area contributed by atoms with Gasteiger partial charge in [0.15, 0.2) is 11.5 Å². The van der Waals surface area contributed by atoms with Gasteiger partial charge in [-0.1, -0.05) is 11.6 Å². The largest absolute Gasteiger partial charge is 0.390 e. The van der Waals surface area contributed by atoms with Gasteiger partial charge in [-0.15, -0.1) is 0 Å². The minimum atomic E-state index is -0.908. The molecule has 1 saturated heterocycles. The van der Waals surface area contributed by atoms with Crippen LogP contribution in [-0.2, 0) is 4.74 Å². The summed E-state index contributed by atoms with van der Waals surface area (Å²) in [5, 5.41) is 25.1. The zero-order valence-electron chi connectivity index (χ0n) is 17.7. The molecule has 3 N–H and O–H groups in total. The maximum Gasteiger partial charge on any atom is 0.165 e. The molecule has 0 spiro atoms. The summed E-state index contributed by atoms with van der Waals surface area (Å²) in [5.74, 6) is 1.42. The van der Waals surface area contributed by atoms with Gasteiger partial charge < -0.3 is 29.7 Å². The minimum Gasteiger partial charge on any atom is -0.390 e. The lowest BCUT2D eigenvalue weighted by molar-refractivity contribution is -0.00886. The Morgan fingerprint density at radius 1 is 1.19 bits per heavy atom. The van der Waals surface area contributed by atoms with Crippen molar-refractivity contribution in [2.75, 3.05) is 37.0 Å². The third kappa shape index (κ3) is 3.88. The highest BCUT2D eigenvalue weighted by Gasteiger charge is 2.43. The van der Waals surface area contributed by atoms with E-state index in [-0.39, 0.29) is 18.0 Å². The molecule has 4 heterocycles. The number of aromatic nitrogens is 5. The van der Waals surface area contributed by atoms with E-state index in [4.69, 9.17) is 16.3 Å². The van der Waals surface area contributed by atoms with Crippen molar-refractivity contribution in [3.05, 3.63) is 36.0 Å². The SMILES string of the molecule is COC[C@H]1C[C@@H](n2cnc3c(N[C@H]4CCN(c5ccc(Cl)cn5)C4)ncnc32)[C@@H](O)[C@H]1O. The molecule has 170 valence electrons. The van der Waals surface area contributed by atoms with Crippen LogP contribution in [0.25, 0.3) is 11.2 Å². The Morgan fingerprint density at radius 3 is 2.84 bits per heavy atom. The third-order valence-corrected chi connectivity index (χ3v) is 6.66. The summed E-state index contributed by atoms with van der Waals surface area (Å²) >= 11 is 5.95. The Bertz CT molecular complexity index is 1080. The molecule has 0 aromatic carbocycles. The molecule has 3 aromatic rings. The fourth-order valence-electron chi connectivity index (χ4n) is 4.79. The molecule has 0 radical (unpaired) electrons. The van der Waals surface area contributed by atoms with Gasteiger partial charge >= 0.3 is 0 Å². The van der Waals surface area contributed by atoms with Gasteiger partial charge in [0.25, 0.3) is 0 Å². The van der Waals surface area contributed by atoms with Crippen molar-refractivity contribution in [1.29, 1.82) is 0 Å². The van der Waals surface area contributed by atoms with E-state index < -0.39 is 12.2 Å². The number of rotatable bonds is 6. The van der Waals surface area contributed by atoms with E-state index in [1.54, 1.807) is 19.6 Å². The average molecular weight is 460 g/mol. The first-order valence-corrected chi connectivity index (χ1v) is 11.1. The van der Waals surface area contributed by atoms with Crippen molar-refractivity contribution in [2.45, 2.75) is 37.1 Å². The standard InChI is InChI=1S/C21H26ClN7O3/c1-32-9-12-6-15(19(31)18(12)30)29-11-26-17-20(24-10-25-21(17)29)27-14-4-5-28(8-14)16-3-2-13(22)7-23-16/h2-3,7,10-12,14-15,18-19,30-31H,4-6,8-9H2,1H3,(H,24,25,27)/t12-,14+,15-,18+,19-/m1/s1. The summed E-state index contributed by atoms with van der Waals surface area (Å²) in [6.45, 7) is 2.05. The molecule has 1 aliphatic heterocycles. The van der Waals surface area contributed by atoms with Gasteiger partial charge in [-0.05, 0) is 25.0 Å². The number of imidazole rings is 1. The number of fused-ring (bicyclic) bond motifs is 1. The topological polar surface area (TPSA) is 121 Å². The Labute approximate surface area is 190 Å². The minimum absolute atomic E-state index is 0.136. The van der Waals surface area contributed by atoms with Gasteiger partial charge in [0.2, 0.25) is 0 Å². The van der Waals surface area contributed by atoms with Crippen LogP contribution in [0.3, 0.4) is 0 Å². The fourth-order valence-corrected chi connectivity index (χ4v) is 4.90. The van der Waals surface area contributed by atoms with Crippen molar-refractivity contribution < 1.29 is 14.9 Å². The Balaban J connectivity index is 1.33. The first kappa shape index (κ1) is 21.3. The molecule has 5 atom stereocenters. The molecular weight excluding hydrogens is 434 g/mol. The first-order valence-electron chi connectivity index (χ1n) is 10.7. The van der Waals surface area contributed by atoms with Crippen molar-refractivity contribution in [2.24, 2.45) is 5.92 Å². The second kappa shape index (κ2) is 8.78. The van der Waals surface area contributed by atoms with Crippen molar-refractivity contribution in [3.63, 3.8) is 0 Å². The van der Waals surface area contributed by atoms with Crippen molar-refractivity contribution in [1.82, 2.24) is 24.5 Å². The maximum atomic E-state index is 10.6. The zero-order valence-corrected chi connectivity index (χ0v) is 18.4. The van der Waals surface area contributed by atoms with Gasteiger partial charge in [-0.2, -0.15) is 0 Å². The second-order valence-corrected chi connectivity index (χ2v) is 8.89. The maximum absolute atomic E-state index is 10.6. The summed E-state index contributed by atoms with van der Waals surface area (Å²) in [6.07, 6.45) is 4.59. The lowest BCUT2D eigenvalue weighted by Crippen LogP contribution is -2.30. The van der Waals surface area contributed by atoms with Gasteiger partial charge in [0.1, 0.15) is 23.8 Å². The number of anilines is 2. The van der Waals surface area contributed by atoms with Crippen LogP contribution < -0.4 is 10.2 Å². The van der Waals surface area contributed by atoms with E-state index >= 15 is 0 Å². The summed E-state index contributed by atoms with van der Waals surface area (Å²) in [7, 11) is 1.59. The van der Waals surface area contributed by atoms with Crippen LogP contribution in [-0.4, -0.2) is 79.8 Å². The highest BCUT2D eigenvalue weighted by molar-refractivity contribution is 6.30. The molecule has 10 nitrogen and oxygen atoms in total. The predicted octanol–water partition coefficient (Wildman–Crippen LogP) is 1.49. The summed E-state index contributed by atoms with van der Waals surface area (Å²) in [6, 6.07) is 3.63. The van der Waals surface area contributed by atoms with Crippen LogP contribution in [0, 0.1) is 5.92 Å². The number of hydrogen-bond acceptors (Lipinski definition) is 9. The number of aliphatic hydroxyl groups is 2. The van der Waals surface area contributed by atoms with E-state index in [9.17, 15) is 10.2 Å². The number of ether oxygens (including phenoxy) is 1. The number of methoxy groups -OCH3 is 1. The fraction of sp³-hybridized carbons (Fsp3) is 0.524. The number of aliphatic hydroxyl groups excluding tert-OH is 2. The summed E-state index contributed by atoms with van der Waals surface area (Å²) < 4.78 is 7.03. The molecule has 1 aliphatic carbocycles. The highest BCUT2D eigenvalue weighted by Crippen LogP contribution is 2.37. The van der Waals surface area contributed by atoms with Crippen LogP contribution in [0.2, 0.25) is 5.02 Å². The lowest BCUT2D eigenvalue weighted by atomic mass is 10.1. The van der Waals surface area contributed by atoms with Crippen molar-refractivity contribution >= 4 is 34.4 Å². The number of halogens is 1. The monoisotopic (exact) mass is 459 g/mol. The summed E-state index contributed by atoms with van der Waals surface area (Å²) in [4.78, 5) is 20.0. The molecule has 0 amide bonds. The van der Waals surface area contributed by atoms with Crippen molar-refractivity contribution in [3.8, 4) is 0 Å². The molecule has 3 aromatic heterocycles. The van der Waals surface area contributed by atoms with E-state index in [1.807, 2.05) is 16.7 Å². The van der Waals surface area contributed by atoms with Crippen LogP contribution in [0.5, 0.6) is 0 Å². The lowest BCUT2D eigenvalue weighted by Gasteiger charge is -2.19. The quantitative estimate of drug-likeness (QED) is 0.503. The molecule has 2 aliphatic rings. The predicted molar refractivity (Wildman–Crippen MR) is 120 cm³/mol. The molecule has 0 unspecified atom stereocenters. The van der Waals surface area contributed by atoms with Gasteiger partial charge in [0, 0.05) is 38.4 Å². The normalized spacial score (nSPS) is 28.0. The van der Waals surface area contributed by atoms with Crippen LogP contribution in [0.4, 0.5) is 11.6 Å². The molecule has 11 heteroatoms. The van der Waals surface area contributed by atoms with E-state index in [2.05, 4.69) is 30.2 Å². The summed E-state index contributed by atoms with van der Waals surface area (Å²) in [5.41, 5.74) is 1.28. The van der Waals surface area contributed by atoms with Crippen LogP contribution in [0.15, 0.2) is 31.0 Å². The molecule has 5 rings (SSSR count). The second-order valence-electron chi connectivity index (χ2n) is 8.46. The Kier molecular flexibility index (Phi) is 5.85. The third-order valence-electron chi connectivity index (χ3n) is 6.43. The molecule has 0 bridgehead atoms. The molecule has 32 heavy (non-hydrogen) atoms. The Hall–Kier alpha value is -2.53. The number of nitrogens with one attached hydrogen (secondary N) is 1. The van der Waals surface area contributed by atoms with Gasteiger partial charge in [-0.25, -0.2) is 19.9 Å². The smallest absolute Gasteiger partial charge is 0.165 e. The van der Waals surface area contributed by atoms with Crippen LogP contribution in [0.1, 0.15) is 18.9 Å². The number of nitrogens with zero attached hydrogens (tertiary/aromatic N) is 6. The van der Waals surface area contributed by atoms with Gasteiger partial charge in [0.05, 0.1) is 30.1 Å². The zero-order chi connectivity index (χ0) is 22.2. The molecule has 2 fully saturated rings. The highest BCUT2D eigenvalue weighted by atomic mass is 35.5. The van der Waals surface area contributed by atoms with E-state index in [0.29, 0.717) is 35.0 Å². The number of hydrogen-bond donors (Lipinski definition) is 3. The van der Waals surface area contributed by atoms with Gasteiger partial charge in [-0.3, -0.25) is 0 Å². The average Bonchev–Trinajstić information content (AvgIpc) is 3.50. The van der Waals surface area contributed by atoms with E-state index in [0.717, 1.165) is 25.3 Å². The Morgan fingerprint density at radius 2 is 2.06 bits per heavy atom. The first-order chi connectivity index (χ1) is 15.5. The molecule has 1 saturated carbocycles. The van der Waals surface area contributed by atoms with E-state index in [1.165, 1.54) is 6.33 Å².